The van der Waals surface area contributed by atoms with Crippen molar-refractivity contribution in [2.45, 2.75) is 52.1 Å². The summed E-state index contributed by atoms with van der Waals surface area (Å²) < 4.78 is 0. The van der Waals surface area contributed by atoms with Crippen LogP contribution in [0.2, 0.25) is 0 Å². The van der Waals surface area contributed by atoms with Gasteiger partial charge in [-0.1, -0.05) is 30.4 Å². The van der Waals surface area contributed by atoms with Crippen molar-refractivity contribution >= 4 is 0 Å². The molecule has 0 bridgehead atoms. The minimum absolute atomic E-state index is 0.257. The highest BCUT2D eigenvalue weighted by molar-refractivity contribution is 5.12. The molecule has 1 rings (SSSR count). The third-order valence-corrected chi connectivity index (χ3v) is 3.62. The monoisotopic (exact) mass is 236 g/mol. The van der Waals surface area contributed by atoms with Gasteiger partial charge in [-0.15, -0.1) is 0 Å². The second kappa shape index (κ2) is 6.77. The normalized spacial score (nSPS) is 21.8. The minimum atomic E-state index is -0.257. The standard InChI is InChI=1S/C15H24O2/c1-11(2)15(17-16)10-7-13(4)14-8-5-12(3)6-9-14/h5,14-16H,1,4,6-10H2,2-3H3/t14-,15-/m0/s1. The van der Waals surface area contributed by atoms with Crippen molar-refractivity contribution in [2.24, 2.45) is 5.92 Å². The number of hydrogen-bond donors (Lipinski definition) is 1. The Morgan fingerprint density at radius 2 is 2.29 bits per heavy atom. The van der Waals surface area contributed by atoms with Crippen LogP contribution in [0.4, 0.5) is 0 Å². The van der Waals surface area contributed by atoms with E-state index in [2.05, 4.69) is 31.0 Å². The van der Waals surface area contributed by atoms with Crippen LogP contribution in [0.25, 0.3) is 0 Å². The lowest BCUT2D eigenvalue weighted by Gasteiger charge is -2.23. The van der Waals surface area contributed by atoms with Crippen LogP contribution in [0.1, 0.15) is 46.0 Å². The Morgan fingerprint density at radius 3 is 2.76 bits per heavy atom. The number of rotatable bonds is 6. The molecule has 0 radical (unpaired) electrons. The van der Waals surface area contributed by atoms with Gasteiger partial charge >= 0.3 is 0 Å². The predicted molar refractivity (Wildman–Crippen MR) is 71.8 cm³/mol. The number of hydrogen-bond acceptors (Lipinski definition) is 2. The quantitative estimate of drug-likeness (QED) is 0.418. The average Bonchev–Trinajstić information content (AvgIpc) is 2.30. The first kappa shape index (κ1) is 14.2. The molecule has 0 heterocycles. The molecule has 0 aromatic heterocycles. The van der Waals surface area contributed by atoms with Crippen molar-refractivity contribution in [1.82, 2.24) is 0 Å². The largest absolute Gasteiger partial charge is 0.251 e. The minimum Gasteiger partial charge on any atom is -0.251 e. The van der Waals surface area contributed by atoms with Crippen LogP contribution >= 0.6 is 0 Å². The molecule has 1 aliphatic carbocycles. The third kappa shape index (κ3) is 4.49. The van der Waals surface area contributed by atoms with Crippen LogP contribution in [-0.2, 0) is 4.89 Å². The van der Waals surface area contributed by atoms with Gasteiger partial charge in [0.05, 0.1) is 0 Å². The van der Waals surface area contributed by atoms with E-state index in [-0.39, 0.29) is 6.10 Å². The Labute approximate surface area is 105 Å². The summed E-state index contributed by atoms with van der Waals surface area (Å²) in [4.78, 5) is 4.41. The second-order valence-corrected chi connectivity index (χ2v) is 5.16. The van der Waals surface area contributed by atoms with E-state index in [9.17, 15) is 0 Å². The lowest BCUT2D eigenvalue weighted by molar-refractivity contribution is -0.269. The van der Waals surface area contributed by atoms with E-state index in [1.807, 2.05) is 6.92 Å². The molecule has 0 saturated heterocycles. The summed E-state index contributed by atoms with van der Waals surface area (Å²) in [5.41, 5.74) is 3.63. The SMILES string of the molecule is C=C(CC[C@H](OO)C(=C)C)[C@H]1CC=C(C)CC1. The van der Waals surface area contributed by atoms with E-state index >= 15 is 0 Å². The van der Waals surface area contributed by atoms with E-state index in [0.29, 0.717) is 5.92 Å². The summed E-state index contributed by atoms with van der Waals surface area (Å²) in [7, 11) is 0. The summed E-state index contributed by atoms with van der Waals surface area (Å²) in [5.74, 6) is 0.600. The Balaban J connectivity index is 2.37. The van der Waals surface area contributed by atoms with Gasteiger partial charge in [0.15, 0.2) is 0 Å². The van der Waals surface area contributed by atoms with Gasteiger partial charge in [-0.05, 0) is 57.4 Å². The molecule has 17 heavy (non-hydrogen) atoms. The van der Waals surface area contributed by atoms with Crippen LogP contribution < -0.4 is 0 Å². The van der Waals surface area contributed by atoms with Crippen LogP contribution in [0, 0.1) is 5.92 Å². The second-order valence-electron chi connectivity index (χ2n) is 5.16. The molecule has 0 aliphatic heterocycles. The van der Waals surface area contributed by atoms with Gasteiger partial charge in [0.25, 0.3) is 0 Å². The van der Waals surface area contributed by atoms with Crippen LogP contribution in [0.5, 0.6) is 0 Å². The molecule has 0 spiro atoms. The fourth-order valence-corrected chi connectivity index (χ4v) is 2.25. The Bertz CT molecular complexity index is 315. The van der Waals surface area contributed by atoms with Crippen molar-refractivity contribution in [3.05, 3.63) is 36.0 Å². The maximum absolute atomic E-state index is 8.75. The van der Waals surface area contributed by atoms with Crippen molar-refractivity contribution < 1.29 is 10.1 Å². The highest BCUT2D eigenvalue weighted by Gasteiger charge is 2.17. The van der Waals surface area contributed by atoms with Crippen molar-refractivity contribution in [1.29, 1.82) is 0 Å². The highest BCUT2D eigenvalue weighted by Crippen LogP contribution is 2.31. The molecule has 0 amide bonds. The maximum atomic E-state index is 8.75. The van der Waals surface area contributed by atoms with Crippen molar-refractivity contribution in [3.63, 3.8) is 0 Å². The summed E-state index contributed by atoms with van der Waals surface area (Å²) >= 11 is 0. The molecule has 2 atom stereocenters. The van der Waals surface area contributed by atoms with Crippen LogP contribution in [0.15, 0.2) is 36.0 Å². The molecule has 1 N–H and O–H groups in total. The summed E-state index contributed by atoms with van der Waals surface area (Å²) in [6.45, 7) is 12.0. The van der Waals surface area contributed by atoms with Gasteiger partial charge < -0.3 is 0 Å². The fraction of sp³-hybridized carbons (Fsp3) is 0.600. The lowest BCUT2D eigenvalue weighted by Crippen LogP contribution is -2.14. The van der Waals surface area contributed by atoms with Gasteiger partial charge in [0.1, 0.15) is 6.10 Å². The molecular formula is C15H24O2. The molecule has 2 nitrogen and oxygen atoms in total. The van der Waals surface area contributed by atoms with E-state index in [0.717, 1.165) is 24.8 Å². The van der Waals surface area contributed by atoms with E-state index in [1.54, 1.807) is 0 Å². The number of allylic oxidation sites excluding steroid dienone is 3. The van der Waals surface area contributed by atoms with E-state index in [1.165, 1.54) is 24.0 Å². The van der Waals surface area contributed by atoms with Crippen LogP contribution in [-0.4, -0.2) is 11.4 Å². The zero-order chi connectivity index (χ0) is 12.8. The first-order chi connectivity index (χ1) is 8.04. The van der Waals surface area contributed by atoms with E-state index in [4.69, 9.17) is 5.26 Å². The Hall–Kier alpha value is -0.860. The van der Waals surface area contributed by atoms with Gasteiger partial charge in [-0.25, -0.2) is 4.89 Å². The molecule has 0 aromatic rings. The summed E-state index contributed by atoms with van der Waals surface area (Å²) in [5, 5.41) is 8.75. The zero-order valence-electron chi connectivity index (χ0n) is 11.0. The van der Waals surface area contributed by atoms with Crippen molar-refractivity contribution in [3.8, 4) is 0 Å². The highest BCUT2D eigenvalue weighted by atomic mass is 17.1. The van der Waals surface area contributed by atoms with Gasteiger partial charge in [-0.3, -0.25) is 5.26 Å². The molecule has 0 unspecified atom stereocenters. The van der Waals surface area contributed by atoms with Gasteiger partial charge in [0, 0.05) is 0 Å². The Morgan fingerprint density at radius 1 is 1.59 bits per heavy atom. The molecule has 0 aromatic carbocycles. The summed E-state index contributed by atoms with van der Waals surface area (Å²) in [6, 6.07) is 0. The maximum Gasteiger partial charge on any atom is 0.113 e. The summed E-state index contributed by atoms with van der Waals surface area (Å²) in [6.07, 6.45) is 7.23. The van der Waals surface area contributed by atoms with E-state index < -0.39 is 0 Å². The average molecular weight is 236 g/mol. The van der Waals surface area contributed by atoms with Gasteiger partial charge in [0.2, 0.25) is 0 Å². The molecule has 0 saturated carbocycles. The third-order valence-electron chi connectivity index (χ3n) is 3.62. The first-order valence-electron chi connectivity index (χ1n) is 6.33. The molecule has 2 heteroatoms. The molecule has 1 aliphatic rings. The predicted octanol–water partition coefficient (Wildman–Crippen LogP) is 4.50. The molecule has 96 valence electrons. The molecular weight excluding hydrogens is 212 g/mol. The Kier molecular flexibility index (Phi) is 5.66. The molecule has 0 fully saturated rings. The smallest absolute Gasteiger partial charge is 0.113 e. The zero-order valence-corrected chi connectivity index (χ0v) is 11.0. The van der Waals surface area contributed by atoms with Crippen molar-refractivity contribution in [2.75, 3.05) is 0 Å². The first-order valence-corrected chi connectivity index (χ1v) is 6.33. The lowest BCUT2D eigenvalue weighted by atomic mass is 9.83. The van der Waals surface area contributed by atoms with Crippen LogP contribution in [0.3, 0.4) is 0 Å². The fourth-order valence-electron chi connectivity index (χ4n) is 2.25. The van der Waals surface area contributed by atoms with Gasteiger partial charge in [-0.2, -0.15) is 0 Å². The topological polar surface area (TPSA) is 29.5 Å².